The molecule has 1 heterocycles. The van der Waals surface area contributed by atoms with Gasteiger partial charge in [0.15, 0.2) is 14.1 Å². The Morgan fingerprint density at radius 1 is 0.861 bits per heavy atom. The van der Waals surface area contributed by atoms with Crippen molar-refractivity contribution in [3.8, 4) is 0 Å². The number of fused-ring (bicyclic) bond motifs is 8. The van der Waals surface area contributed by atoms with E-state index in [4.69, 9.17) is 18.6 Å². The lowest BCUT2D eigenvalue weighted by molar-refractivity contribution is -0.196. The van der Waals surface area contributed by atoms with E-state index in [1.54, 1.807) is 0 Å². The SMILES string of the molecule is CC(=O)O[C@@H]1CC[C@]2(C)C3CC[C@@]4(C)C(CC[C@@H]4O[Si](C)(C)C(C)(C)C)C3[C@H]3OC(C)(C)O[C@@H]3C2C1. The highest BCUT2D eigenvalue weighted by Gasteiger charge is 2.69. The summed E-state index contributed by atoms with van der Waals surface area (Å²) in [6.07, 6.45) is 8.43. The first-order valence-corrected chi connectivity index (χ1v) is 17.6. The van der Waals surface area contributed by atoms with Crippen LogP contribution in [0.4, 0.5) is 0 Å². The molecule has 0 spiro atoms. The maximum Gasteiger partial charge on any atom is 0.302 e. The first-order chi connectivity index (χ1) is 16.5. The van der Waals surface area contributed by atoms with Gasteiger partial charge in [0.1, 0.15) is 6.10 Å². The van der Waals surface area contributed by atoms with E-state index in [1.807, 2.05) is 0 Å². The molecule has 0 aromatic carbocycles. The van der Waals surface area contributed by atoms with Crippen molar-refractivity contribution in [2.24, 2.45) is 34.5 Å². The molecule has 36 heavy (non-hydrogen) atoms. The van der Waals surface area contributed by atoms with Crippen LogP contribution in [0.3, 0.4) is 0 Å². The Bertz CT molecular complexity index is 879. The summed E-state index contributed by atoms with van der Waals surface area (Å²) in [5.74, 6) is 1.39. The molecule has 4 unspecified atom stereocenters. The molecule has 4 saturated carbocycles. The van der Waals surface area contributed by atoms with Gasteiger partial charge in [-0.3, -0.25) is 4.79 Å². The lowest BCUT2D eigenvalue weighted by atomic mass is 9.43. The summed E-state index contributed by atoms with van der Waals surface area (Å²) in [5, 5.41) is 0.224. The minimum Gasteiger partial charge on any atom is -0.463 e. The standard InChI is InChI=1S/C30H52O5Si/c1-18(31)32-19-13-15-29(7)21-14-16-30(8)20(11-12-23(30)35-36(9,10)27(2,3)4)24(21)26-25(22(29)17-19)33-28(5,6)34-26/h19-26H,11-17H2,1-10H3/t19-,20?,21?,22?,23+,24?,25-,26-,29-,30+/m1/s1. The van der Waals surface area contributed by atoms with Crippen molar-refractivity contribution in [3.63, 3.8) is 0 Å². The maximum absolute atomic E-state index is 11.8. The van der Waals surface area contributed by atoms with E-state index in [2.05, 4.69) is 61.6 Å². The molecule has 5 fully saturated rings. The smallest absolute Gasteiger partial charge is 0.302 e. The van der Waals surface area contributed by atoms with E-state index in [0.29, 0.717) is 29.8 Å². The average molecular weight is 521 g/mol. The van der Waals surface area contributed by atoms with E-state index in [1.165, 1.54) is 32.6 Å². The maximum atomic E-state index is 11.8. The van der Waals surface area contributed by atoms with E-state index in [-0.39, 0.29) is 40.1 Å². The van der Waals surface area contributed by atoms with Gasteiger partial charge in [0.2, 0.25) is 0 Å². The Hall–Kier alpha value is -0.433. The van der Waals surface area contributed by atoms with Gasteiger partial charge in [-0.05, 0) is 111 Å². The molecule has 1 aliphatic heterocycles. The van der Waals surface area contributed by atoms with Crippen LogP contribution >= 0.6 is 0 Å². The molecule has 0 N–H and O–H groups in total. The van der Waals surface area contributed by atoms with Crippen molar-refractivity contribution in [2.45, 2.75) is 149 Å². The third-order valence-corrected chi connectivity index (χ3v) is 16.5. The summed E-state index contributed by atoms with van der Waals surface area (Å²) in [4.78, 5) is 11.8. The molecule has 206 valence electrons. The van der Waals surface area contributed by atoms with Crippen molar-refractivity contribution in [2.75, 3.05) is 0 Å². The number of carbonyl (C=O) groups excluding carboxylic acids is 1. The van der Waals surface area contributed by atoms with Gasteiger partial charge < -0.3 is 18.6 Å². The second kappa shape index (κ2) is 8.53. The van der Waals surface area contributed by atoms with Crippen molar-refractivity contribution < 1.29 is 23.4 Å². The van der Waals surface area contributed by atoms with Crippen LogP contribution in [0.25, 0.3) is 0 Å². The first kappa shape index (κ1) is 27.1. The van der Waals surface area contributed by atoms with Gasteiger partial charge in [0.25, 0.3) is 0 Å². The summed E-state index contributed by atoms with van der Waals surface area (Å²) in [5.41, 5.74) is 0.404. The van der Waals surface area contributed by atoms with Gasteiger partial charge in [0, 0.05) is 6.92 Å². The fraction of sp³-hybridized carbons (Fsp3) is 0.967. The van der Waals surface area contributed by atoms with Crippen LogP contribution in [0.1, 0.15) is 100 Å². The Labute approximate surface area is 220 Å². The normalized spacial score (nSPS) is 47.9. The highest BCUT2D eigenvalue weighted by atomic mass is 28.4. The average Bonchev–Trinajstić information content (AvgIpc) is 3.23. The molecule has 1 saturated heterocycles. The summed E-state index contributed by atoms with van der Waals surface area (Å²) in [6, 6.07) is 0. The topological polar surface area (TPSA) is 54.0 Å². The minimum absolute atomic E-state index is 0.00722. The Balaban J connectivity index is 1.46. The molecule has 6 heteroatoms. The molecule has 5 aliphatic rings. The quantitative estimate of drug-likeness (QED) is 0.294. The number of hydrogen-bond donors (Lipinski definition) is 0. The molecule has 0 aromatic heterocycles. The zero-order chi connectivity index (χ0) is 26.5. The predicted octanol–water partition coefficient (Wildman–Crippen LogP) is 7.09. The fourth-order valence-electron chi connectivity index (χ4n) is 9.17. The van der Waals surface area contributed by atoms with Gasteiger partial charge >= 0.3 is 5.97 Å². The highest BCUT2D eigenvalue weighted by molar-refractivity contribution is 6.74. The van der Waals surface area contributed by atoms with Crippen molar-refractivity contribution in [1.29, 1.82) is 0 Å². The molecular weight excluding hydrogens is 468 g/mol. The highest BCUT2D eigenvalue weighted by Crippen LogP contribution is 2.69. The molecular formula is C30H52O5Si. The zero-order valence-corrected chi connectivity index (χ0v) is 25.6. The van der Waals surface area contributed by atoms with Gasteiger partial charge in [-0.2, -0.15) is 0 Å². The summed E-state index contributed by atoms with van der Waals surface area (Å²) in [6.45, 7) is 22.7. The van der Waals surface area contributed by atoms with Crippen molar-refractivity contribution >= 4 is 14.3 Å². The minimum atomic E-state index is -1.85. The van der Waals surface area contributed by atoms with Gasteiger partial charge in [-0.1, -0.05) is 34.6 Å². The van der Waals surface area contributed by atoms with Crippen molar-refractivity contribution in [1.82, 2.24) is 0 Å². The first-order valence-electron chi connectivity index (χ1n) is 14.7. The molecule has 10 atom stereocenters. The van der Waals surface area contributed by atoms with E-state index in [0.717, 1.165) is 19.3 Å². The van der Waals surface area contributed by atoms with Crippen LogP contribution in [0.15, 0.2) is 0 Å². The summed E-state index contributed by atoms with van der Waals surface area (Å²) >= 11 is 0. The van der Waals surface area contributed by atoms with Crippen LogP contribution in [0.2, 0.25) is 18.1 Å². The molecule has 5 nitrogen and oxygen atoms in total. The Kier molecular flexibility index (Phi) is 6.43. The summed E-state index contributed by atoms with van der Waals surface area (Å²) < 4.78 is 26.5. The van der Waals surface area contributed by atoms with Gasteiger partial charge in [-0.25, -0.2) is 0 Å². The van der Waals surface area contributed by atoms with Gasteiger partial charge in [0.05, 0.1) is 18.3 Å². The number of hydrogen-bond acceptors (Lipinski definition) is 5. The predicted molar refractivity (Wildman–Crippen MR) is 144 cm³/mol. The number of carbonyl (C=O) groups is 1. The monoisotopic (exact) mass is 520 g/mol. The van der Waals surface area contributed by atoms with Crippen LogP contribution < -0.4 is 0 Å². The van der Waals surface area contributed by atoms with E-state index < -0.39 is 14.1 Å². The van der Waals surface area contributed by atoms with Crippen LogP contribution in [-0.4, -0.2) is 44.5 Å². The Morgan fingerprint density at radius 3 is 2.11 bits per heavy atom. The van der Waals surface area contributed by atoms with E-state index >= 15 is 0 Å². The third-order valence-electron chi connectivity index (χ3n) is 12.0. The van der Waals surface area contributed by atoms with Crippen LogP contribution in [-0.2, 0) is 23.4 Å². The fourth-order valence-corrected chi connectivity index (χ4v) is 10.6. The molecule has 0 aromatic rings. The third kappa shape index (κ3) is 4.15. The second-order valence-electron chi connectivity index (χ2n) is 15.5. The largest absolute Gasteiger partial charge is 0.463 e. The van der Waals surface area contributed by atoms with E-state index in [9.17, 15) is 4.79 Å². The van der Waals surface area contributed by atoms with Crippen molar-refractivity contribution in [3.05, 3.63) is 0 Å². The summed E-state index contributed by atoms with van der Waals surface area (Å²) in [7, 11) is -1.85. The lowest BCUT2D eigenvalue weighted by Crippen LogP contribution is -2.64. The molecule has 4 aliphatic carbocycles. The molecule has 0 bridgehead atoms. The number of rotatable bonds is 3. The molecule has 5 rings (SSSR count). The number of esters is 1. The lowest BCUT2D eigenvalue weighted by Gasteiger charge is -2.63. The van der Waals surface area contributed by atoms with Gasteiger partial charge in [-0.15, -0.1) is 0 Å². The molecule has 0 radical (unpaired) electrons. The number of ether oxygens (including phenoxy) is 3. The Morgan fingerprint density at radius 2 is 1.47 bits per heavy atom. The zero-order valence-electron chi connectivity index (χ0n) is 24.6. The van der Waals surface area contributed by atoms with Crippen LogP contribution in [0.5, 0.6) is 0 Å². The second-order valence-corrected chi connectivity index (χ2v) is 20.2. The van der Waals surface area contributed by atoms with Crippen LogP contribution in [0, 0.1) is 34.5 Å². The molecule has 0 amide bonds.